The quantitative estimate of drug-likeness (QED) is 0.813. The molecule has 2 heteroatoms. The van der Waals surface area contributed by atoms with E-state index in [-0.39, 0.29) is 5.54 Å². The molecule has 1 aliphatic heterocycles. The zero-order chi connectivity index (χ0) is 11.6. The highest BCUT2D eigenvalue weighted by molar-refractivity contribution is 5.31. The number of hydrogen-bond acceptors (Lipinski definition) is 2. The van der Waals surface area contributed by atoms with Gasteiger partial charge in [0.25, 0.3) is 0 Å². The van der Waals surface area contributed by atoms with Crippen LogP contribution in [0.25, 0.3) is 0 Å². The lowest BCUT2D eigenvalue weighted by atomic mass is 9.89. The minimum atomic E-state index is 0.0576. The normalized spacial score (nSPS) is 21.3. The van der Waals surface area contributed by atoms with E-state index >= 15 is 0 Å². The number of rotatable bonds is 3. The number of hydrogen-bond donors (Lipinski definition) is 2. The van der Waals surface area contributed by atoms with Crippen molar-refractivity contribution in [3.8, 4) is 0 Å². The molecule has 1 aromatic carbocycles. The molecule has 1 aliphatic rings. The Morgan fingerprint density at radius 2 is 2.19 bits per heavy atom. The molecular weight excluding hydrogens is 196 g/mol. The minimum Gasteiger partial charge on any atom is -0.316 e. The third-order valence-electron chi connectivity index (χ3n) is 3.77. The van der Waals surface area contributed by atoms with E-state index in [1.165, 1.54) is 17.5 Å². The molecule has 1 unspecified atom stereocenters. The highest BCUT2D eigenvalue weighted by Crippen LogP contribution is 2.27. The average Bonchev–Trinajstić information content (AvgIpc) is 2.83. The third kappa shape index (κ3) is 2.28. The maximum Gasteiger partial charge on any atom is 0.0375 e. The molecule has 2 nitrogen and oxygen atoms in total. The predicted molar refractivity (Wildman–Crippen MR) is 68.8 cm³/mol. The van der Waals surface area contributed by atoms with E-state index in [0.717, 1.165) is 13.1 Å². The van der Waals surface area contributed by atoms with Gasteiger partial charge in [0.1, 0.15) is 0 Å². The number of nitrogens with one attached hydrogen (secondary N) is 2. The zero-order valence-electron chi connectivity index (χ0n) is 10.5. The lowest BCUT2D eigenvalue weighted by Crippen LogP contribution is -2.33. The molecule has 1 aromatic rings. The van der Waals surface area contributed by atoms with Gasteiger partial charge in [0.15, 0.2) is 0 Å². The molecular formula is C14H22N2. The van der Waals surface area contributed by atoms with Crippen LogP contribution < -0.4 is 10.6 Å². The van der Waals surface area contributed by atoms with Crippen molar-refractivity contribution in [2.75, 3.05) is 20.1 Å². The Morgan fingerprint density at radius 3 is 2.81 bits per heavy atom. The first-order chi connectivity index (χ1) is 7.63. The first-order valence-corrected chi connectivity index (χ1v) is 6.13. The van der Waals surface area contributed by atoms with Crippen molar-refractivity contribution in [2.45, 2.75) is 31.7 Å². The molecule has 1 saturated heterocycles. The van der Waals surface area contributed by atoms with Crippen molar-refractivity contribution >= 4 is 0 Å². The summed E-state index contributed by atoms with van der Waals surface area (Å²) < 4.78 is 0. The molecule has 0 saturated carbocycles. The van der Waals surface area contributed by atoms with Crippen LogP contribution in [-0.4, -0.2) is 20.1 Å². The summed E-state index contributed by atoms with van der Waals surface area (Å²) in [5.41, 5.74) is 2.91. The lowest BCUT2D eigenvalue weighted by molar-refractivity contribution is 0.444. The molecule has 2 rings (SSSR count). The van der Waals surface area contributed by atoms with Crippen LogP contribution in [0.5, 0.6) is 0 Å². The fourth-order valence-corrected chi connectivity index (χ4v) is 2.26. The molecule has 88 valence electrons. The van der Waals surface area contributed by atoms with E-state index in [2.05, 4.69) is 48.7 Å². The van der Waals surface area contributed by atoms with E-state index < -0.39 is 0 Å². The van der Waals surface area contributed by atoms with E-state index in [1.54, 1.807) is 0 Å². The molecule has 0 spiro atoms. The molecule has 0 aliphatic carbocycles. The Hall–Kier alpha value is -0.860. The summed E-state index contributed by atoms with van der Waals surface area (Å²) in [5, 5.41) is 6.79. The largest absolute Gasteiger partial charge is 0.316 e. The Balaban J connectivity index is 2.25. The first-order valence-electron chi connectivity index (χ1n) is 6.13. The van der Waals surface area contributed by atoms with Gasteiger partial charge in [0.05, 0.1) is 0 Å². The number of benzene rings is 1. The van der Waals surface area contributed by atoms with Gasteiger partial charge in [-0.25, -0.2) is 0 Å². The van der Waals surface area contributed by atoms with E-state index in [9.17, 15) is 0 Å². The third-order valence-corrected chi connectivity index (χ3v) is 3.77. The maximum atomic E-state index is 3.43. The second-order valence-electron chi connectivity index (χ2n) is 5.19. The van der Waals surface area contributed by atoms with Gasteiger partial charge in [-0.3, -0.25) is 0 Å². The monoisotopic (exact) mass is 218 g/mol. The molecule has 2 N–H and O–H groups in total. The molecule has 1 atom stereocenters. The minimum absolute atomic E-state index is 0.0576. The summed E-state index contributed by atoms with van der Waals surface area (Å²) in [6.45, 7) is 6.73. The predicted octanol–water partition coefficient (Wildman–Crippen LogP) is 2.22. The molecule has 1 fully saturated rings. The summed E-state index contributed by atoms with van der Waals surface area (Å²) in [6.07, 6.45) is 1.27. The highest BCUT2D eigenvalue weighted by Gasteiger charge is 2.21. The van der Waals surface area contributed by atoms with Gasteiger partial charge in [0.2, 0.25) is 0 Å². The maximum absolute atomic E-state index is 3.43. The van der Waals surface area contributed by atoms with Crippen molar-refractivity contribution in [1.82, 2.24) is 10.6 Å². The fourth-order valence-electron chi connectivity index (χ4n) is 2.26. The first kappa shape index (κ1) is 11.6. The van der Waals surface area contributed by atoms with Gasteiger partial charge in [-0.05, 0) is 50.9 Å². The standard InChI is InChI=1S/C14H22N2/c1-14(2,15-3)13-6-4-5-11(9-13)12-7-8-16-10-12/h4-6,9,12,15-16H,7-8,10H2,1-3H3. The fraction of sp³-hybridized carbons (Fsp3) is 0.571. The van der Waals surface area contributed by atoms with Crippen molar-refractivity contribution in [3.05, 3.63) is 35.4 Å². The van der Waals surface area contributed by atoms with Crippen molar-refractivity contribution < 1.29 is 0 Å². The average molecular weight is 218 g/mol. The zero-order valence-corrected chi connectivity index (χ0v) is 10.5. The summed E-state index contributed by atoms with van der Waals surface area (Å²) >= 11 is 0. The topological polar surface area (TPSA) is 24.1 Å². The van der Waals surface area contributed by atoms with Crippen LogP contribution in [0.2, 0.25) is 0 Å². The highest BCUT2D eigenvalue weighted by atomic mass is 14.9. The van der Waals surface area contributed by atoms with Crippen molar-refractivity contribution in [3.63, 3.8) is 0 Å². The Labute approximate surface area is 98.4 Å². The SMILES string of the molecule is CNC(C)(C)c1cccc(C2CCNC2)c1. The molecule has 16 heavy (non-hydrogen) atoms. The van der Waals surface area contributed by atoms with E-state index in [0.29, 0.717) is 5.92 Å². The smallest absolute Gasteiger partial charge is 0.0375 e. The Kier molecular flexibility index (Phi) is 3.31. The molecule has 0 aromatic heterocycles. The van der Waals surface area contributed by atoms with Gasteiger partial charge in [-0.2, -0.15) is 0 Å². The van der Waals surface area contributed by atoms with Crippen molar-refractivity contribution in [1.29, 1.82) is 0 Å². The van der Waals surface area contributed by atoms with Crippen LogP contribution in [-0.2, 0) is 5.54 Å². The van der Waals surface area contributed by atoms with E-state index in [1.807, 2.05) is 7.05 Å². The van der Waals surface area contributed by atoms with Crippen molar-refractivity contribution in [2.24, 2.45) is 0 Å². The summed E-state index contributed by atoms with van der Waals surface area (Å²) in [5.74, 6) is 0.701. The molecule has 0 bridgehead atoms. The van der Waals surface area contributed by atoms with Gasteiger partial charge in [0, 0.05) is 12.1 Å². The summed E-state index contributed by atoms with van der Waals surface area (Å²) in [6, 6.07) is 9.01. The van der Waals surface area contributed by atoms with Gasteiger partial charge < -0.3 is 10.6 Å². The van der Waals surface area contributed by atoms with E-state index in [4.69, 9.17) is 0 Å². The summed E-state index contributed by atoms with van der Waals surface area (Å²) in [7, 11) is 2.02. The molecule has 1 heterocycles. The van der Waals surface area contributed by atoms with Crippen LogP contribution in [0, 0.1) is 0 Å². The van der Waals surface area contributed by atoms with Crippen LogP contribution in [0.4, 0.5) is 0 Å². The lowest BCUT2D eigenvalue weighted by Gasteiger charge is -2.25. The van der Waals surface area contributed by atoms with Gasteiger partial charge in [-0.15, -0.1) is 0 Å². The van der Waals surface area contributed by atoms with Crippen LogP contribution in [0.1, 0.15) is 37.3 Å². The summed E-state index contributed by atoms with van der Waals surface area (Å²) in [4.78, 5) is 0. The van der Waals surface area contributed by atoms with Gasteiger partial charge in [-0.1, -0.05) is 24.3 Å². The molecule has 0 amide bonds. The Bertz CT molecular complexity index is 352. The van der Waals surface area contributed by atoms with Crippen LogP contribution >= 0.6 is 0 Å². The van der Waals surface area contributed by atoms with Crippen LogP contribution in [0.15, 0.2) is 24.3 Å². The van der Waals surface area contributed by atoms with Crippen LogP contribution in [0.3, 0.4) is 0 Å². The second-order valence-corrected chi connectivity index (χ2v) is 5.19. The molecule has 0 radical (unpaired) electrons. The second kappa shape index (κ2) is 4.56. The van der Waals surface area contributed by atoms with Gasteiger partial charge >= 0.3 is 0 Å². The Morgan fingerprint density at radius 1 is 1.38 bits per heavy atom.